The van der Waals surface area contributed by atoms with Gasteiger partial charge < -0.3 is 14.2 Å². The van der Waals surface area contributed by atoms with Crippen molar-refractivity contribution in [3.63, 3.8) is 0 Å². The molecule has 0 spiro atoms. The molecule has 0 radical (unpaired) electrons. The first-order valence-corrected chi connectivity index (χ1v) is 26.1. The van der Waals surface area contributed by atoms with E-state index in [1.807, 2.05) is 54.7 Å². The Morgan fingerprint density at radius 1 is 0.338 bits per heavy atom. The first-order valence-electron chi connectivity index (χ1n) is 26.1. The first-order chi connectivity index (χ1) is 32.0. The topological polar surface area (TPSA) is 78.9 Å². The summed E-state index contributed by atoms with van der Waals surface area (Å²) in [6.45, 7) is 6.33. The zero-order chi connectivity index (χ0) is 47.2. The van der Waals surface area contributed by atoms with Gasteiger partial charge in [0.05, 0.1) is 0 Å². The second-order valence-electron chi connectivity index (χ2n) is 16.8. The number of hydrogen-bond acceptors (Lipinski definition) is 6. The van der Waals surface area contributed by atoms with Crippen molar-refractivity contribution in [2.75, 3.05) is 13.2 Å². The summed E-state index contributed by atoms with van der Waals surface area (Å²) in [5.74, 6) is -1.07. The summed E-state index contributed by atoms with van der Waals surface area (Å²) >= 11 is 0. The number of allylic oxidation sites excluding steroid dienone is 20. The van der Waals surface area contributed by atoms with Crippen LogP contribution in [0.3, 0.4) is 0 Å². The Morgan fingerprint density at radius 2 is 0.677 bits per heavy atom. The SMILES string of the molecule is CC/C=C/C=C/C=C/C=C/C=C/CCCC(=O)OCC(COC(=O)CCC/C=C/C/C=C/C/C=C/CCCCCCCC)OC(=O)CCCCCCCCC/C=C/C/C=C/CCCCC. The van der Waals surface area contributed by atoms with Gasteiger partial charge in [0.25, 0.3) is 0 Å². The molecule has 0 saturated carbocycles. The molecule has 0 aliphatic heterocycles. The lowest BCUT2D eigenvalue weighted by atomic mass is 10.1. The lowest BCUT2D eigenvalue weighted by molar-refractivity contribution is -0.167. The van der Waals surface area contributed by atoms with Gasteiger partial charge in [-0.05, 0) is 96.3 Å². The molecule has 65 heavy (non-hydrogen) atoms. The summed E-state index contributed by atoms with van der Waals surface area (Å²) in [6, 6.07) is 0. The van der Waals surface area contributed by atoms with E-state index in [0.717, 1.165) is 70.6 Å². The number of unbranched alkanes of at least 4 members (excludes halogenated alkanes) is 18. The minimum absolute atomic E-state index is 0.133. The molecule has 0 aliphatic rings. The molecule has 0 amide bonds. The molecule has 0 heterocycles. The standard InChI is InChI=1S/C59H94O6/c1-4-7-10-13-16-19-22-25-27-29-31-34-37-40-43-46-49-52-58(61)64-55-56(54-63-57(60)51-48-45-42-39-36-33-24-21-18-15-12-9-6-3)65-59(62)53-50-47-44-41-38-35-32-30-28-26-23-20-17-14-11-8-5-2/h9,12,15,17-18,20-21,24-28,31,33-34,36,39-40,42-43,56H,4-8,10-11,13-14,16,19,22-23,29-30,32,35,37-38,41,44-55H2,1-3H3/b12-9+,18-15+,20-17+,24-21+,27-25+,28-26+,34-31+,36-33+,42-39+,43-40+. The van der Waals surface area contributed by atoms with Crippen LogP contribution in [0, 0.1) is 0 Å². The molecule has 0 saturated heterocycles. The Morgan fingerprint density at radius 3 is 1.15 bits per heavy atom. The largest absolute Gasteiger partial charge is 0.462 e. The van der Waals surface area contributed by atoms with Gasteiger partial charge in [0.1, 0.15) is 13.2 Å². The summed E-state index contributed by atoms with van der Waals surface area (Å²) in [5, 5.41) is 0. The molecular formula is C59H94O6. The summed E-state index contributed by atoms with van der Waals surface area (Å²) in [6.07, 6.45) is 71.9. The minimum Gasteiger partial charge on any atom is -0.462 e. The average molecular weight is 899 g/mol. The zero-order valence-corrected chi connectivity index (χ0v) is 41.7. The van der Waals surface area contributed by atoms with Gasteiger partial charge in [-0.3, -0.25) is 14.4 Å². The third-order valence-electron chi connectivity index (χ3n) is 10.5. The maximum atomic E-state index is 12.8. The lowest BCUT2D eigenvalue weighted by Crippen LogP contribution is -2.30. The van der Waals surface area contributed by atoms with Crippen LogP contribution in [0.15, 0.2) is 122 Å². The quantitative estimate of drug-likeness (QED) is 0.0199. The maximum absolute atomic E-state index is 12.8. The smallest absolute Gasteiger partial charge is 0.306 e. The van der Waals surface area contributed by atoms with Crippen LogP contribution < -0.4 is 0 Å². The van der Waals surface area contributed by atoms with Crippen molar-refractivity contribution in [1.29, 1.82) is 0 Å². The van der Waals surface area contributed by atoms with Crippen molar-refractivity contribution < 1.29 is 28.6 Å². The van der Waals surface area contributed by atoms with Crippen molar-refractivity contribution in [1.82, 2.24) is 0 Å². The van der Waals surface area contributed by atoms with E-state index in [0.29, 0.717) is 12.8 Å². The average Bonchev–Trinajstić information content (AvgIpc) is 3.30. The van der Waals surface area contributed by atoms with Gasteiger partial charge in [-0.15, -0.1) is 0 Å². The van der Waals surface area contributed by atoms with Crippen molar-refractivity contribution >= 4 is 17.9 Å². The van der Waals surface area contributed by atoms with Crippen molar-refractivity contribution in [3.05, 3.63) is 122 Å². The van der Waals surface area contributed by atoms with Gasteiger partial charge in [-0.1, -0.05) is 219 Å². The van der Waals surface area contributed by atoms with Gasteiger partial charge in [-0.25, -0.2) is 0 Å². The minimum atomic E-state index is -0.834. The Bertz CT molecular complexity index is 1400. The number of rotatable bonds is 45. The van der Waals surface area contributed by atoms with Crippen molar-refractivity contribution in [2.24, 2.45) is 0 Å². The highest BCUT2D eigenvalue weighted by Crippen LogP contribution is 2.13. The molecule has 0 aromatic heterocycles. The third kappa shape index (κ3) is 50.7. The van der Waals surface area contributed by atoms with Crippen LogP contribution in [-0.2, 0) is 28.6 Å². The van der Waals surface area contributed by atoms with E-state index in [2.05, 4.69) is 87.6 Å². The molecule has 0 N–H and O–H groups in total. The Balaban J connectivity index is 4.58. The van der Waals surface area contributed by atoms with Crippen LogP contribution >= 0.6 is 0 Å². The van der Waals surface area contributed by atoms with Crippen LogP contribution in [0.2, 0.25) is 0 Å². The summed E-state index contributed by atoms with van der Waals surface area (Å²) in [7, 11) is 0. The summed E-state index contributed by atoms with van der Waals surface area (Å²) in [5.41, 5.74) is 0. The van der Waals surface area contributed by atoms with Crippen LogP contribution in [0.5, 0.6) is 0 Å². The van der Waals surface area contributed by atoms with E-state index in [1.165, 1.54) is 89.9 Å². The number of ether oxygens (including phenoxy) is 3. The molecule has 6 nitrogen and oxygen atoms in total. The molecule has 1 atom stereocenters. The third-order valence-corrected chi connectivity index (χ3v) is 10.5. The molecule has 0 aliphatic carbocycles. The molecule has 0 aromatic rings. The van der Waals surface area contributed by atoms with E-state index in [9.17, 15) is 14.4 Å². The number of hydrogen-bond donors (Lipinski definition) is 0. The highest BCUT2D eigenvalue weighted by molar-refractivity contribution is 5.71. The fraction of sp³-hybridized carbons (Fsp3) is 0.610. The molecule has 0 rings (SSSR count). The van der Waals surface area contributed by atoms with Gasteiger partial charge >= 0.3 is 17.9 Å². The van der Waals surface area contributed by atoms with E-state index in [4.69, 9.17) is 14.2 Å². The molecule has 366 valence electrons. The lowest BCUT2D eigenvalue weighted by Gasteiger charge is -2.18. The van der Waals surface area contributed by atoms with Crippen LogP contribution in [0.25, 0.3) is 0 Å². The molecule has 0 bridgehead atoms. The molecule has 0 aromatic carbocycles. The van der Waals surface area contributed by atoms with E-state index < -0.39 is 6.10 Å². The van der Waals surface area contributed by atoms with Crippen LogP contribution in [0.4, 0.5) is 0 Å². The number of esters is 3. The summed E-state index contributed by atoms with van der Waals surface area (Å²) < 4.78 is 16.7. The predicted molar refractivity (Wildman–Crippen MR) is 279 cm³/mol. The van der Waals surface area contributed by atoms with E-state index in [-0.39, 0.29) is 50.4 Å². The highest BCUT2D eigenvalue weighted by Gasteiger charge is 2.19. The summed E-state index contributed by atoms with van der Waals surface area (Å²) in [4.78, 5) is 37.9. The zero-order valence-electron chi connectivity index (χ0n) is 41.7. The molecular weight excluding hydrogens is 805 g/mol. The van der Waals surface area contributed by atoms with Gasteiger partial charge in [0, 0.05) is 19.3 Å². The van der Waals surface area contributed by atoms with Gasteiger partial charge in [0.2, 0.25) is 0 Å². The van der Waals surface area contributed by atoms with Gasteiger partial charge in [0.15, 0.2) is 6.10 Å². The van der Waals surface area contributed by atoms with Crippen molar-refractivity contribution in [2.45, 2.75) is 219 Å². The Labute approximate surface area is 399 Å². The van der Waals surface area contributed by atoms with Crippen LogP contribution in [-0.4, -0.2) is 37.2 Å². The molecule has 6 heteroatoms. The number of carbonyl (C=O) groups is 3. The van der Waals surface area contributed by atoms with Crippen molar-refractivity contribution in [3.8, 4) is 0 Å². The highest BCUT2D eigenvalue weighted by atomic mass is 16.6. The number of carbonyl (C=O) groups excluding carboxylic acids is 3. The second-order valence-corrected chi connectivity index (χ2v) is 16.8. The Kier molecular flexibility index (Phi) is 49.1. The second kappa shape index (κ2) is 52.4. The Hall–Kier alpha value is -4.19. The maximum Gasteiger partial charge on any atom is 0.306 e. The van der Waals surface area contributed by atoms with Gasteiger partial charge in [-0.2, -0.15) is 0 Å². The van der Waals surface area contributed by atoms with E-state index >= 15 is 0 Å². The molecule has 1 unspecified atom stereocenters. The van der Waals surface area contributed by atoms with Crippen LogP contribution in [0.1, 0.15) is 213 Å². The predicted octanol–water partition coefficient (Wildman–Crippen LogP) is 17.3. The fourth-order valence-corrected chi connectivity index (χ4v) is 6.63. The van der Waals surface area contributed by atoms with E-state index in [1.54, 1.807) is 0 Å². The monoisotopic (exact) mass is 899 g/mol. The first kappa shape index (κ1) is 60.8. The molecule has 0 fully saturated rings. The fourth-order valence-electron chi connectivity index (χ4n) is 6.63. The normalized spacial score (nSPS) is 13.1.